The van der Waals surface area contributed by atoms with Crippen molar-refractivity contribution in [2.24, 2.45) is 0 Å². The van der Waals surface area contributed by atoms with Gasteiger partial charge in [0.25, 0.3) is 0 Å². The average molecular weight is 165 g/mol. The highest BCUT2D eigenvalue weighted by Crippen LogP contribution is 2.17. The van der Waals surface area contributed by atoms with Crippen LogP contribution in [0.15, 0.2) is 0 Å². The van der Waals surface area contributed by atoms with Crippen LogP contribution < -0.4 is 0 Å². The minimum Gasteiger partial charge on any atom is -0.480 e. The molecule has 3 nitrogen and oxygen atoms in total. The molecule has 0 radical (unpaired) electrons. The number of alkyl halides is 1. The molecule has 4 heteroatoms. The van der Waals surface area contributed by atoms with E-state index in [-0.39, 0.29) is 6.42 Å². The van der Waals surface area contributed by atoms with Crippen LogP contribution in [-0.2, 0) is 9.59 Å². The number of aliphatic carboxylic acids is 1. The normalized spacial score (nSPS) is 15.9. The Bertz CT molecular complexity index is 162. The maximum absolute atomic E-state index is 10.8. The third-order valence-corrected chi connectivity index (χ3v) is 1.62. The SMILES string of the molecule is CCC(=O)C(C)(Cl)C(=O)O. The van der Waals surface area contributed by atoms with Crippen molar-refractivity contribution in [3.8, 4) is 0 Å². The Morgan fingerprint density at radius 1 is 1.60 bits per heavy atom. The van der Waals surface area contributed by atoms with Gasteiger partial charge in [-0.1, -0.05) is 18.5 Å². The number of carbonyl (C=O) groups excluding carboxylic acids is 1. The molecule has 0 aliphatic rings. The standard InChI is InChI=1S/C6H9ClO3/c1-3-4(8)6(2,7)5(9)10/h3H2,1-2H3,(H,9,10). The first-order chi connectivity index (χ1) is 4.42. The van der Waals surface area contributed by atoms with Crippen molar-refractivity contribution >= 4 is 23.4 Å². The minimum absolute atomic E-state index is 0.145. The summed E-state index contributed by atoms with van der Waals surface area (Å²) in [4.78, 5) is 19.3. The molecular formula is C6H9ClO3. The van der Waals surface area contributed by atoms with Gasteiger partial charge in [0.1, 0.15) is 0 Å². The van der Waals surface area contributed by atoms with E-state index in [1.54, 1.807) is 6.92 Å². The molecule has 0 fully saturated rings. The van der Waals surface area contributed by atoms with Gasteiger partial charge in [0.05, 0.1) is 0 Å². The second-order valence-electron chi connectivity index (χ2n) is 2.08. The van der Waals surface area contributed by atoms with Gasteiger partial charge in [0, 0.05) is 6.42 Å². The number of ketones is 1. The van der Waals surface area contributed by atoms with E-state index < -0.39 is 16.6 Å². The van der Waals surface area contributed by atoms with Crippen LogP contribution in [0.3, 0.4) is 0 Å². The molecule has 58 valence electrons. The van der Waals surface area contributed by atoms with Gasteiger partial charge in [0.15, 0.2) is 10.7 Å². The molecule has 0 rings (SSSR count). The van der Waals surface area contributed by atoms with Gasteiger partial charge >= 0.3 is 5.97 Å². The van der Waals surface area contributed by atoms with Gasteiger partial charge in [-0.25, -0.2) is 4.79 Å². The summed E-state index contributed by atoms with van der Waals surface area (Å²) in [5.41, 5.74) is 0. The number of Topliss-reactive ketones (excluding diaryl/α,β-unsaturated/α-hetero) is 1. The van der Waals surface area contributed by atoms with Crippen molar-refractivity contribution in [1.29, 1.82) is 0 Å². The van der Waals surface area contributed by atoms with E-state index in [1.165, 1.54) is 6.92 Å². The second kappa shape index (κ2) is 3.01. The van der Waals surface area contributed by atoms with E-state index in [0.717, 1.165) is 0 Å². The van der Waals surface area contributed by atoms with Gasteiger partial charge in [-0.15, -0.1) is 0 Å². The summed E-state index contributed by atoms with van der Waals surface area (Å²) in [6, 6.07) is 0. The van der Waals surface area contributed by atoms with E-state index in [2.05, 4.69) is 0 Å². The predicted molar refractivity (Wildman–Crippen MR) is 37.2 cm³/mol. The van der Waals surface area contributed by atoms with Crippen molar-refractivity contribution in [2.75, 3.05) is 0 Å². The Balaban J connectivity index is 4.40. The Morgan fingerprint density at radius 3 is 2.10 bits per heavy atom. The van der Waals surface area contributed by atoms with E-state index in [0.29, 0.717) is 0 Å². The fourth-order valence-electron chi connectivity index (χ4n) is 0.451. The molecule has 0 aliphatic heterocycles. The number of halogens is 1. The molecule has 0 saturated heterocycles. The average Bonchev–Trinajstić information content (AvgIpc) is 1.86. The van der Waals surface area contributed by atoms with Crippen molar-refractivity contribution in [1.82, 2.24) is 0 Å². The van der Waals surface area contributed by atoms with E-state index in [4.69, 9.17) is 16.7 Å². The van der Waals surface area contributed by atoms with Crippen molar-refractivity contribution < 1.29 is 14.7 Å². The highest BCUT2D eigenvalue weighted by Gasteiger charge is 2.37. The molecule has 0 aromatic heterocycles. The second-order valence-corrected chi connectivity index (χ2v) is 2.84. The zero-order valence-corrected chi connectivity index (χ0v) is 6.60. The highest BCUT2D eigenvalue weighted by atomic mass is 35.5. The summed E-state index contributed by atoms with van der Waals surface area (Å²) in [5.74, 6) is -1.76. The maximum Gasteiger partial charge on any atom is 0.332 e. The first-order valence-corrected chi connectivity index (χ1v) is 3.26. The molecule has 10 heavy (non-hydrogen) atoms. The van der Waals surface area contributed by atoms with Crippen LogP contribution in [-0.4, -0.2) is 21.7 Å². The zero-order chi connectivity index (χ0) is 8.36. The van der Waals surface area contributed by atoms with Crippen LogP contribution in [0.4, 0.5) is 0 Å². The van der Waals surface area contributed by atoms with Crippen LogP contribution in [0.2, 0.25) is 0 Å². The lowest BCUT2D eigenvalue weighted by atomic mass is 10.0. The largest absolute Gasteiger partial charge is 0.480 e. The fraction of sp³-hybridized carbons (Fsp3) is 0.667. The van der Waals surface area contributed by atoms with E-state index >= 15 is 0 Å². The molecule has 0 saturated carbocycles. The first kappa shape index (κ1) is 9.43. The van der Waals surface area contributed by atoms with Crippen LogP contribution >= 0.6 is 11.6 Å². The van der Waals surface area contributed by atoms with Crippen molar-refractivity contribution in [3.05, 3.63) is 0 Å². The van der Waals surface area contributed by atoms with E-state index in [1.807, 2.05) is 0 Å². The smallest absolute Gasteiger partial charge is 0.332 e. The third kappa shape index (κ3) is 1.70. The van der Waals surface area contributed by atoms with Crippen molar-refractivity contribution in [2.45, 2.75) is 25.1 Å². The van der Waals surface area contributed by atoms with Crippen LogP contribution in [0.25, 0.3) is 0 Å². The Labute approximate surface area is 64.0 Å². The van der Waals surface area contributed by atoms with Crippen LogP contribution in [0, 0.1) is 0 Å². The summed E-state index contributed by atoms with van der Waals surface area (Å²) in [5, 5.41) is 8.39. The predicted octanol–water partition coefficient (Wildman–Crippen LogP) is 1.05. The lowest BCUT2D eigenvalue weighted by Gasteiger charge is -2.12. The zero-order valence-electron chi connectivity index (χ0n) is 5.85. The first-order valence-electron chi connectivity index (χ1n) is 2.88. The Kier molecular flexibility index (Phi) is 2.84. The van der Waals surface area contributed by atoms with Crippen LogP contribution in [0.1, 0.15) is 20.3 Å². The molecule has 1 unspecified atom stereocenters. The minimum atomic E-state index is -1.74. The molecule has 0 amide bonds. The van der Waals surface area contributed by atoms with Gasteiger partial charge < -0.3 is 5.11 Å². The molecule has 0 bridgehead atoms. The van der Waals surface area contributed by atoms with Gasteiger partial charge in [0.2, 0.25) is 0 Å². The summed E-state index contributed by atoms with van der Waals surface area (Å²) in [7, 11) is 0. The monoisotopic (exact) mass is 164 g/mol. The molecular weight excluding hydrogens is 156 g/mol. The Hall–Kier alpha value is -0.570. The molecule has 0 spiro atoms. The third-order valence-electron chi connectivity index (χ3n) is 1.25. The molecule has 1 atom stereocenters. The fourth-order valence-corrected chi connectivity index (χ4v) is 0.585. The van der Waals surface area contributed by atoms with E-state index in [9.17, 15) is 9.59 Å². The Morgan fingerprint density at radius 2 is 2.00 bits per heavy atom. The summed E-state index contributed by atoms with van der Waals surface area (Å²) < 4.78 is 0. The van der Waals surface area contributed by atoms with Gasteiger partial charge in [-0.05, 0) is 6.92 Å². The summed E-state index contributed by atoms with van der Waals surface area (Å²) in [6.45, 7) is 2.76. The lowest BCUT2D eigenvalue weighted by Crippen LogP contribution is -2.37. The quantitative estimate of drug-likeness (QED) is 0.501. The number of carbonyl (C=O) groups is 2. The van der Waals surface area contributed by atoms with Crippen LogP contribution in [0.5, 0.6) is 0 Å². The number of hydrogen-bond acceptors (Lipinski definition) is 2. The summed E-state index contributed by atoms with van der Waals surface area (Å²) in [6.07, 6.45) is 0.145. The number of carboxylic acid groups (broad SMARTS) is 1. The number of rotatable bonds is 3. The topological polar surface area (TPSA) is 54.4 Å². The number of carboxylic acids is 1. The highest BCUT2D eigenvalue weighted by molar-refractivity contribution is 6.45. The summed E-state index contributed by atoms with van der Waals surface area (Å²) >= 11 is 5.37. The molecule has 0 aromatic rings. The van der Waals surface area contributed by atoms with Crippen molar-refractivity contribution in [3.63, 3.8) is 0 Å². The maximum atomic E-state index is 10.8. The molecule has 1 N–H and O–H groups in total. The van der Waals surface area contributed by atoms with Gasteiger partial charge in [-0.3, -0.25) is 4.79 Å². The number of hydrogen-bond donors (Lipinski definition) is 1. The lowest BCUT2D eigenvalue weighted by molar-refractivity contribution is -0.143. The molecule has 0 aliphatic carbocycles. The molecule has 0 heterocycles. The van der Waals surface area contributed by atoms with Gasteiger partial charge in [-0.2, -0.15) is 0 Å². The molecule has 0 aromatic carbocycles.